The fourth-order valence-electron chi connectivity index (χ4n) is 1.50. The van der Waals surface area contributed by atoms with Crippen LogP contribution >= 0.6 is 11.6 Å². The van der Waals surface area contributed by atoms with Gasteiger partial charge in [-0.25, -0.2) is 12.8 Å². The average molecular weight is 321 g/mol. The number of halogens is 2. The second-order valence-corrected chi connectivity index (χ2v) is 6.20. The molecule has 0 spiro atoms. The van der Waals surface area contributed by atoms with Crippen LogP contribution in [0, 0.1) is 12.7 Å². The van der Waals surface area contributed by atoms with Crippen molar-refractivity contribution in [1.29, 1.82) is 0 Å². The minimum absolute atomic E-state index is 0.211. The van der Waals surface area contributed by atoms with E-state index in [-0.39, 0.29) is 16.4 Å². The number of nitrogens with one attached hydrogen (secondary N) is 1. The third kappa shape index (κ3) is 3.40. The monoisotopic (exact) mass is 320 g/mol. The van der Waals surface area contributed by atoms with Crippen molar-refractivity contribution in [3.8, 4) is 5.75 Å². The van der Waals surface area contributed by atoms with E-state index in [0.29, 0.717) is 5.76 Å². The van der Waals surface area contributed by atoms with Crippen molar-refractivity contribution >= 4 is 27.3 Å². The highest BCUT2D eigenvalue weighted by Crippen LogP contribution is 2.30. The van der Waals surface area contributed by atoms with Crippen molar-refractivity contribution < 1.29 is 22.4 Å². The van der Waals surface area contributed by atoms with Crippen LogP contribution in [0.3, 0.4) is 0 Å². The van der Waals surface area contributed by atoms with Crippen molar-refractivity contribution in [3.63, 3.8) is 0 Å². The lowest BCUT2D eigenvalue weighted by molar-refractivity contribution is 0.392. The van der Waals surface area contributed by atoms with E-state index >= 15 is 0 Å². The van der Waals surface area contributed by atoms with Crippen molar-refractivity contribution in [2.45, 2.75) is 12.7 Å². The number of sulfonamides is 1. The number of benzene rings is 1. The van der Waals surface area contributed by atoms with Gasteiger partial charge in [0.2, 0.25) is 10.0 Å². The zero-order valence-corrected chi connectivity index (χ0v) is 11.8. The number of phenols is 1. The Hall–Kier alpha value is -1.80. The van der Waals surface area contributed by atoms with Crippen LogP contribution in [0.25, 0.3) is 0 Å². The van der Waals surface area contributed by atoms with E-state index in [2.05, 4.69) is 9.88 Å². The molecule has 0 aliphatic carbocycles. The summed E-state index contributed by atoms with van der Waals surface area (Å²) in [5.41, 5.74) is -0.000634. The van der Waals surface area contributed by atoms with Gasteiger partial charge in [0, 0.05) is 12.1 Å². The summed E-state index contributed by atoms with van der Waals surface area (Å²) in [6, 6.07) is 3.18. The maximum absolute atomic E-state index is 13.1. The summed E-state index contributed by atoms with van der Waals surface area (Å²) in [5.74, 6) is -1.38. The Morgan fingerprint density at radius 1 is 1.45 bits per heavy atom. The Balaban J connectivity index is 2.22. The van der Waals surface area contributed by atoms with Crippen molar-refractivity contribution in [3.05, 3.63) is 40.5 Å². The normalized spacial score (nSPS) is 11.6. The van der Waals surface area contributed by atoms with E-state index in [4.69, 9.17) is 16.1 Å². The number of aryl methyl sites for hydroxylation is 1. The van der Waals surface area contributed by atoms with Crippen LogP contribution in [-0.4, -0.2) is 18.7 Å². The van der Waals surface area contributed by atoms with Crippen LogP contribution in [0.15, 0.2) is 22.7 Å². The van der Waals surface area contributed by atoms with Gasteiger partial charge in [0.25, 0.3) is 0 Å². The first-order valence-corrected chi connectivity index (χ1v) is 7.40. The molecule has 1 aromatic carbocycles. The summed E-state index contributed by atoms with van der Waals surface area (Å²) in [6.45, 7) is 1.63. The van der Waals surface area contributed by atoms with Gasteiger partial charge in [0.1, 0.15) is 28.8 Å². The molecular weight excluding hydrogens is 311 g/mol. The number of hydrogen-bond acceptors (Lipinski definition) is 5. The van der Waals surface area contributed by atoms with E-state index in [1.54, 1.807) is 6.92 Å². The lowest BCUT2D eigenvalue weighted by Crippen LogP contribution is -2.15. The maximum Gasteiger partial charge on any atom is 0.238 e. The lowest BCUT2D eigenvalue weighted by atomic mass is 10.3. The molecule has 0 atom stereocenters. The summed E-state index contributed by atoms with van der Waals surface area (Å²) in [6.07, 6.45) is 0. The number of phenolic OH excluding ortho intramolecular Hbond substituents is 1. The molecule has 0 fully saturated rings. The second-order valence-electron chi connectivity index (χ2n) is 4.07. The van der Waals surface area contributed by atoms with E-state index < -0.39 is 27.3 Å². The van der Waals surface area contributed by atoms with E-state index in [1.807, 2.05) is 0 Å². The predicted octanol–water partition coefficient (Wildman–Crippen LogP) is 2.42. The number of aromatic nitrogens is 1. The summed E-state index contributed by atoms with van der Waals surface area (Å²) in [7, 11) is -3.84. The van der Waals surface area contributed by atoms with Crippen LogP contribution in [0.2, 0.25) is 5.02 Å². The largest absolute Gasteiger partial charge is 0.506 e. The standard InChI is InChI=1S/C11H10ClFN2O4S/c1-6-2-7(14-19-6)5-20(17,18)15-10-3-8(12)9(13)4-11(10)16/h2-4,15-16H,5H2,1H3. The first kappa shape index (κ1) is 14.6. The topological polar surface area (TPSA) is 92.4 Å². The van der Waals surface area contributed by atoms with E-state index in [9.17, 15) is 17.9 Å². The minimum atomic E-state index is -3.84. The Morgan fingerprint density at radius 2 is 2.15 bits per heavy atom. The summed E-state index contributed by atoms with van der Waals surface area (Å²) in [4.78, 5) is 0. The van der Waals surface area contributed by atoms with Gasteiger partial charge in [-0.05, 0) is 13.0 Å². The fourth-order valence-corrected chi connectivity index (χ4v) is 2.76. The highest BCUT2D eigenvalue weighted by Gasteiger charge is 2.18. The zero-order chi connectivity index (χ0) is 14.9. The van der Waals surface area contributed by atoms with Crippen molar-refractivity contribution in [2.75, 3.05) is 4.72 Å². The molecule has 108 valence electrons. The van der Waals surface area contributed by atoms with Crippen LogP contribution in [0.1, 0.15) is 11.5 Å². The highest BCUT2D eigenvalue weighted by molar-refractivity contribution is 7.91. The van der Waals surface area contributed by atoms with Gasteiger partial charge in [-0.1, -0.05) is 16.8 Å². The average Bonchev–Trinajstić information content (AvgIpc) is 2.70. The molecule has 1 heterocycles. The predicted molar refractivity (Wildman–Crippen MR) is 70.6 cm³/mol. The molecule has 0 saturated heterocycles. The maximum atomic E-state index is 13.1. The van der Waals surface area contributed by atoms with Gasteiger partial charge in [0.15, 0.2) is 0 Å². The minimum Gasteiger partial charge on any atom is -0.506 e. The molecule has 0 aliphatic heterocycles. The number of anilines is 1. The summed E-state index contributed by atoms with van der Waals surface area (Å²) >= 11 is 5.53. The molecule has 2 rings (SSSR count). The third-order valence-electron chi connectivity index (χ3n) is 2.32. The summed E-state index contributed by atoms with van der Waals surface area (Å²) in [5, 5.41) is 12.7. The molecule has 0 amide bonds. The zero-order valence-electron chi connectivity index (χ0n) is 10.2. The molecule has 1 aromatic heterocycles. The molecule has 9 heteroatoms. The van der Waals surface area contributed by atoms with Gasteiger partial charge in [-0.15, -0.1) is 0 Å². The number of nitrogens with zero attached hydrogens (tertiary/aromatic N) is 1. The SMILES string of the molecule is Cc1cc(CS(=O)(=O)Nc2cc(Cl)c(F)cc2O)no1. The molecule has 20 heavy (non-hydrogen) atoms. The Labute approximate surface area is 119 Å². The van der Waals surface area contributed by atoms with Crippen LogP contribution < -0.4 is 4.72 Å². The molecule has 0 radical (unpaired) electrons. The van der Waals surface area contributed by atoms with Gasteiger partial charge in [0.05, 0.1) is 10.7 Å². The van der Waals surface area contributed by atoms with E-state index in [0.717, 1.165) is 12.1 Å². The van der Waals surface area contributed by atoms with Gasteiger partial charge in [-0.3, -0.25) is 4.72 Å². The number of rotatable bonds is 4. The summed E-state index contributed by atoms with van der Waals surface area (Å²) < 4.78 is 43.7. The van der Waals surface area contributed by atoms with Gasteiger partial charge < -0.3 is 9.63 Å². The third-order valence-corrected chi connectivity index (χ3v) is 3.82. The highest BCUT2D eigenvalue weighted by atomic mass is 35.5. The van der Waals surface area contributed by atoms with Crippen LogP contribution in [0.4, 0.5) is 10.1 Å². The molecule has 2 N–H and O–H groups in total. The Bertz CT molecular complexity index is 745. The van der Waals surface area contributed by atoms with Crippen molar-refractivity contribution in [1.82, 2.24) is 5.16 Å². The van der Waals surface area contributed by atoms with Gasteiger partial charge >= 0.3 is 0 Å². The van der Waals surface area contributed by atoms with Crippen LogP contribution in [0.5, 0.6) is 5.75 Å². The first-order valence-electron chi connectivity index (χ1n) is 5.37. The fraction of sp³-hybridized carbons (Fsp3) is 0.182. The van der Waals surface area contributed by atoms with Crippen molar-refractivity contribution in [2.24, 2.45) is 0 Å². The smallest absolute Gasteiger partial charge is 0.238 e. The first-order chi connectivity index (χ1) is 9.27. The van der Waals surface area contributed by atoms with Crippen LogP contribution in [-0.2, 0) is 15.8 Å². The molecule has 2 aromatic rings. The molecule has 0 unspecified atom stereocenters. The number of hydrogen-bond donors (Lipinski definition) is 2. The number of aromatic hydroxyl groups is 1. The Kier molecular flexibility index (Phi) is 3.87. The lowest BCUT2D eigenvalue weighted by Gasteiger charge is -2.09. The molecule has 6 nitrogen and oxygen atoms in total. The molecule has 0 bridgehead atoms. The van der Waals surface area contributed by atoms with Gasteiger partial charge in [-0.2, -0.15) is 0 Å². The molecule has 0 aliphatic rings. The molecule has 0 saturated carbocycles. The second kappa shape index (κ2) is 5.29. The quantitative estimate of drug-likeness (QED) is 0.844. The molecular formula is C11H10ClFN2O4S. The van der Waals surface area contributed by atoms with E-state index in [1.165, 1.54) is 6.07 Å². The Morgan fingerprint density at radius 3 is 2.75 bits per heavy atom.